The third-order valence-electron chi connectivity index (χ3n) is 4.60. The van der Waals surface area contributed by atoms with E-state index in [1.165, 1.54) is 18.3 Å². The molecular formula is C20H15ClF4N4O3S. The Hall–Kier alpha value is -2.83. The van der Waals surface area contributed by atoms with Crippen LogP contribution in [0.3, 0.4) is 0 Å². The number of alkyl halides is 3. The fraction of sp³-hybridized carbons (Fsp3) is 0.300. The summed E-state index contributed by atoms with van der Waals surface area (Å²) in [5, 5.41) is 2.72. The van der Waals surface area contributed by atoms with Gasteiger partial charge in [0, 0.05) is 30.9 Å². The number of thiazole rings is 1. The third-order valence-corrected chi connectivity index (χ3v) is 5.75. The van der Waals surface area contributed by atoms with Gasteiger partial charge in [-0.25, -0.2) is 19.3 Å². The fourth-order valence-corrected chi connectivity index (χ4v) is 3.96. The lowest BCUT2D eigenvalue weighted by Gasteiger charge is -2.15. The summed E-state index contributed by atoms with van der Waals surface area (Å²) < 4.78 is 64.5. The highest BCUT2D eigenvalue weighted by Crippen LogP contribution is 2.35. The predicted molar refractivity (Wildman–Crippen MR) is 111 cm³/mol. The van der Waals surface area contributed by atoms with Gasteiger partial charge in [-0.1, -0.05) is 11.6 Å². The highest BCUT2D eigenvalue weighted by Gasteiger charge is 2.34. The molecule has 0 aliphatic carbocycles. The van der Waals surface area contributed by atoms with Gasteiger partial charge in [0.2, 0.25) is 5.82 Å². The van der Waals surface area contributed by atoms with Gasteiger partial charge < -0.3 is 14.8 Å². The topological polar surface area (TPSA) is 86.2 Å². The molecule has 0 unspecified atom stereocenters. The van der Waals surface area contributed by atoms with Crippen LogP contribution in [-0.4, -0.2) is 40.2 Å². The molecule has 0 radical (unpaired) electrons. The third kappa shape index (κ3) is 5.57. The van der Waals surface area contributed by atoms with E-state index < -0.39 is 23.7 Å². The number of hydrogen-bond donors (Lipinski definition) is 1. The maximum absolute atomic E-state index is 15.3. The smallest absolute Gasteiger partial charge is 0.451 e. The number of carbonyl (C=O) groups excluding carboxylic acids is 1. The first kappa shape index (κ1) is 23.3. The Morgan fingerprint density at radius 3 is 2.61 bits per heavy atom. The Morgan fingerprint density at radius 2 is 2.00 bits per heavy atom. The second-order valence-corrected chi connectivity index (χ2v) is 8.66. The van der Waals surface area contributed by atoms with Gasteiger partial charge in [-0.3, -0.25) is 4.79 Å². The van der Waals surface area contributed by atoms with Crippen molar-refractivity contribution in [1.29, 1.82) is 0 Å². The van der Waals surface area contributed by atoms with Gasteiger partial charge in [-0.05, 0) is 12.1 Å². The number of nitrogens with zero attached hydrogens (tertiary/aromatic N) is 3. The van der Waals surface area contributed by atoms with Crippen LogP contribution in [0.5, 0.6) is 5.75 Å². The molecule has 1 aliphatic rings. The minimum atomic E-state index is -4.68. The van der Waals surface area contributed by atoms with Gasteiger partial charge in [0.05, 0.1) is 30.5 Å². The molecule has 1 atom stereocenters. The lowest BCUT2D eigenvalue weighted by Crippen LogP contribution is -2.25. The number of nitrogens with one attached hydrogen (secondary N) is 1. The van der Waals surface area contributed by atoms with E-state index in [-0.39, 0.29) is 40.1 Å². The van der Waals surface area contributed by atoms with Crippen LogP contribution < -0.4 is 10.1 Å². The molecule has 4 rings (SSSR count). The van der Waals surface area contributed by atoms with Crippen LogP contribution in [0, 0.1) is 5.82 Å². The first-order valence-electron chi connectivity index (χ1n) is 9.56. The van der Waals surface area contributed by atoms with Crippen molar-refractivity contribution in [2.45, 2.75) is 25.2 Å². The number of aromatic nitrogens is 3. The van der Waals surface area contributed by atoms with Crippen molar-refractivity contribution in [3.8, 4) is 16.3 Å². The maximum atomic E-state index is 15.3. The minimum Gasteiger partial charge on any atom is -0.488 e. The van der Waals surface area contributed by atoms with E-state index in [0.717, 1.165) is 23.7 Å². The summed E-state index contributed by atoms with van der Waals surface area (Å²) in [6.45, 7) is 0.685. The van der Waals surface area contributed by atoms with Crippen LogP contribution in [0.25, 0.3) is 10.6 Å². The van der Waals surface area contributed by atoms with Crippen LogP contribution in [0.15, 0.2) is 30.7 Å². The normalized spacial score (nSPS) is 16.1. The largest absolute Gasteiger partial charge is 0.488 e. The number of ether oxygens (including phenoxy) is 2. The summed E-state index contributed by atoms with van der Waals surface area (Å²) in [4.78, 5) is 23.3. The molecule has 0 saturated carbocycles. The Kier molecular flexibility index (Phi) is 6.77. The van der Waals surface area contributed by atoms with Gasteiger partial charge in [-0.2, -0.15) is 13.2 Å². The van der Waals surface area contributed by atoms with Crippen molar-refractivity contribution >= 4 is 28.8 Å². The molecule has 0 spiro atoms. The van der Waals surface area contributed by atoms with E-state index in [1.807, 2.05) is 0 Å². The van der Waals surface area contributed by atoms with E-state index in [9.17, 15) is 18.0 Å². The molecule has 3 aromatic rings. The van der Waals surface area contributed by atoms with Crippen LogP contribution in [0.2, 0.25) is 4.34 Å². The van der Waals surface area contributed by atoms with E-state index >= 15 is 4.39 Å². The molecule has 1 amide bonds. The summed E-state index contributed by atoms with van der Waals surface area (Å²) >= 11 is 6.96. The zero-order chi connectivity index (χ0) is 23.6. The van der Waals surface area contributed by atoms with Crippen molar-refractivity contribution < 1.29 is 31.8 Å². The van der Waals surface area contributed by atoms with Crippen LogP contribution in [-0.2, 0) is 17.5 Å². The molecule has 174 valence electrons. The van der Waals surface area contributed by atoms with Crippen molar-refractivity contribution in [1.82, 2.24) is 20.3 Å². The first-order chi connectivity index (χ1) is 15.7. The summed E-state index contributed by atoms with van der Waals surface area (Å²) in [7, 11) is 0. The molecule has 7 nitrogen and oxygen atoms in total. The molecule has 1 aromatic carbocycles. The Labute approximate surface area is 193 Å². The minimum absolute atomic E-state index is 0.0336. The summed E-state index contributed by atoms with van der Waals surface area (Å²) in [6, 6.07) is 2.69. The SMILES string of the molecule is O=C(NCc1cnc(C(F)(F)F)nc1)c1cc(O[C@@H]2CCOC2)cc(-c2ncc(Cl)s2)c1F. The molecule has 1 fully saturated rings. The van der Waals surface area contributed by atoms with Crippen LogP contribution >= 0.6 is 22.9 Å². The van der Waals surface area contributed by atoms with Gasteiger partial charge >= 0.3 is 6.18 Å². The quantitative estimate of drug-likeness (QED) is 0.499. The summed E-state index contributed by atoms with van der Waals surface area (Å²) in [5.41, 5.74) is -0.0777. The molecule has 13 heteroatoms. The Balaban J connectivity index is 1.57. The van der Waals surface area contributed by atoms with E-state index in [4.69, 9.17) is 21.1 Å². The molecule has 33 heavy (non-hydrogen) atoms. The number of carbonyl (C=O) groups is 1. The summed E-state index contributed by atoms with van der Waals surface area (Å²) in [5.74, 6) is -2.69. The van der Waals surface area contributed by atoms with Crippen LogP contribution in [0.4, 0.5) is 17.6 Å². The molecule has 0 bridgehead atoms. The second-order valence-electron chi connectivity index (χ2n) is 7.00. The highest BCUT2D eigenvalue weighted by atomic mass is 35.5. The lowest BCUT2D eigenvalue weighted by molar-refractivity contribution is -0.145. The van der Waals surface area contributed by atoms with Gasteiger partial charge in [0.15, 0.2) is 0 Å². The molecule has 2 aromatic heterocycles. The predicted octanol–water partition coefficient (Wildman–Crippen LogP) is 4.51. The number of benzene rings is 1. The van der Waals surface area contributed by atoms with E-state index in [1.54, 1.807) is 0 Å². The van der Waals surface area contributed by atoms with Gasteiger partial charge in [-0.15, -0.1) is 11.3 Å². The number of amides is 1. The average Bonchev–Trinajstić information content (AvgIpc) is 3.44. The molecular weight excluding hydrogens is 488 g/mol. The fourth-order valence-electron chi connectivity index (χ4n) is 3.03. The van der Waals surface area contributed by atoms with Crippen molar-refractivity contribution in [3.63, 3.8) is 0 Å². The van der Waals surface area contributed by atoms with Crippen molar-refractivity contribution in [2.24, 2.45) is 0 Å². The molecule has 3 heterocycles. The number of rotatable bonds is 6. The monoisotopic (exact) mass is 502 g/mol. The van der Waals surface area contributed by atoms with Crippen molar-refractivity contribution in [3.05, 3.63) is 57.8 Å². The van der Waals surface area contributed by atoms with Gasteiger partial charge in [0.1, 0.15) is 27.0 Å². The number of hydrogen-bond acceptors (Lipinski definition) is 7. The molecule has 1 saturated heterocycles. The lowest BCUT2D eigenvalue weighted by atomic mass is 10.1. The number of halogens is 5. The van der Waals surface area contributed by atoms with E-state index in [2.05, 4.69) is 20.3 Å². The van der Waals surface area contributed by atoms with Gasteiger partial charge in [0.25, 0.3) is 5.91 Å². The Bertz CT molecular complexity index is 1150. The average molecular weight is 503 g/mol. The van der Waals surface area contributed by atoms with Crippen LogP contribution in [0.1, 0.15) is 28.2 Å². The molecule has 1 aliphatic heterocycles. The maximum Gasteiger partial charge on any atom is 0.451 e. The molecule has 1 N–H and O–H groups in total. The first-order valence-corrected chi connectivity index (χ1v) is 10.8. The Morgan fingerprint density at radius 1 is 1.24 bits per heavy atom. The summed E-state index contributed by atoms with van der Waals surface area (Å²) in [6.07, 6.45) is -1.03. The van der Waals surface area contributed by atoms with Crippen molar-refractivity contribution in [2.75, 3.05) is 13.2 Å². The zero-order valence-electron chi connectivity index (χ0n) is 16.7. The standard InChI is InChI=1S/C20H15ClF4N4O3S/c21-15-8-27-18(33-15)14-4-12(32-11-1-2-31-9-11)3-13(16(14)22)17(30)26-5-10-6-28-19(29-7-10)20(23,24)25/h3-4,6-8,11H,1-2,5,9H2,(H,26,30)/t11-/m1/s1. The highest BCUT2D eigenvalue weighted by molar-refractivity contribution is 7.18. The second kappa shape index (κ2) is 9.57. The zero-order valence-corrected chi connectivity index (χ0v) is 18.2. The van der Waals surface area contributed by atoms with E-state index in [0.29, 0.717) is 24.0 Å².